The van der Waals surface area contributed by atoms with E-state index in [0.717, 1.165) is 19.5 Å². The molecule has 1 atom stereocenters. The number of hydrogen-bond donors (Lipinski definition) is 1. The zero-order valence-electron chi connectivity index (χ0n) is 14.0. The first kappa shape index (κ1) is 17.2. The van der Waals surface area contributed by atoms with Gasteiger partial charge in [-0.2, -0.15) is 0 Å². The standard InChI is InChI=1S/C20H26N2O/c1-17(13-14-20(23)21-2)22(15-18-9-5-3-6-10-18)16-19-11-7-4-8-12-19/h3-12,17H,13-16H2,1-2H3,(H,21,23)/t17-/m1/s1. The number of hydrogen-bond acceptors (Lipinski definition) is 2. The molecule has 0 aliphatic heterocycles. The number of nitrogens with one attached hydrogen (secondary N) is 1. The Morgan fingerprint density at radius 3 is 1.87 bits per heavy atom. The minimum Gasteiger partial charge on any atom is -0.359 e. The first-order valence-electron chi connectivity index (χ1n) is 8.21. The van der Waals surface area contributed by atoms with Crippen LogP contribution in [0, 0.1) is 0 Å². The van der Waals surface area contributed by atoms with E-state index in [0.29, 0.717) is 12.5 Å². The van der Waals surface area contributed by atoms with Gasteiger partial charge in [0.1, 0.15) is 0 Å². The molecule has 1 N–H and O–H groups in total. The monoisotopic (exact) mass is 310 g/mol. The molecular weight excluding hydrogens is 284 g/mol. The first-order chi connectivity index (χ1) is 11.2. The van der Waals surface area contributed by atoms with Crippen molar-refractivity contribution in [3.8, 4) is 0 Å². The lowest BCUT2D eigenvalue weighted by Gasteiger charge is -2.29. The van der Waals surface area contributed by atoms with E-state index < -0.39 is 0 Å². The predicted molar refractivity (Wildman–Crippen MR) is 94.9 cm³/mol. The molecule has 2 aromatic rings. The Hall–Kier alpha value is -2.13. The Morgan fingerprint density at radius 2 is 1.43 bits per heavy atom. The van der Waals surface area contributed by atoms with Crippen LogP contribution in [-0.4, -0.2) is 23.9 Å². The van der Waals surface area contributed by atoms with Crippen LogP contribution in [0.3, 0.4) is 0 Å². The summed E-state index contributed by atoms with van der Waals surface area (Å²) in [5.74, 6) is 0.108. The third kappa shape index (κ3) is 5.87. The molecule has 0 saturated carbocycles. The predicted octanol–water partition coefficient (Wildman–Crippen LogP) is 3.60. The molecule has 1 amide bonds. The Kier molecular flexibility index (Phi) is 6.82. The average Bonchev–Trinajstić information content (AvgIpc) is 2.60. The van der Waals surface area contributed by atoms with Gasteiger partial charge in [0.15, 0.2) is 0 Å². The van der Waals surface area contributed by atoms with Gasteiger partial charge >= 0.3 is 0 Å². The average molecular weight is 310 g/mol. The summed E-state index contributed by atoms with van der Waals surface area (Å²) < 4.78 is 0. The van der Waals surface area contributed by atoms with Crippen molar-refractivity contribution in [2.24, 2.45) is 0 Å². The topological polar surface area (TPSA) is 32.3 Å². The van der Waals surface area contributed by atoms with Crippen LogP contribution < -0.4 is 5.32 Å². The third-order valence-electron chi connectivity index (χ3n) is 4.15. The molecule has 0 unspecified atom stereocenters. The maximum atomic E-state index is 11.5. The highest BCUT2D eigenvalue weighted by atomic mass is 16.1. The van der Waals surface area contributed by atoms with Crippen molar-refractivity contribution in [2.45, 2.75) is 38.9 Å². The number of amides is 1. The number of carbonyl (C=O) groups is 1. The molecule has 0 aromatic heterocycles. The molecule has 3 heteroatoms. The van der Waals surface area contributed by atoms with Gasteiger partial charge in [-0.25, -0.2) is 0 Å². The van der Waals surface area contributed by atoms with Gasteiger partial charge in [0, 0.05) is 32.6 Å². The molecular formula is C20H26N2O. The number of benzene rings is 2. The van der Waals surface area contributed by atoms with Gasteiger partial charge in [0.05, 0.1) is 0 Å². The molecule has 0 saturated heterocycles. The number of rotatable bonds is 8. The Morgan fingerprint density at radius 1 is 0.957 bits per heavy atom. The van der Waals surface area contributed by atoms with Crippen molar-refractivity contribution in [3.63, 3.8) is 0 Å². The van der Waals surface area contributed by atoms with Gasteiger partial charge in [-0.15, -0.1) is 0 Å². The van der Waals surface area contributed by atoms with E-state index in [-0.39, 0.29) is 5.91 Å². The van der Waals surface area contributed by atoms with Crippen molar-refractivity contribution in [1.82, 2.24) is 10.2 Å². The highest BCUT2D eigenvalue weighted by Crippen LogP contribution is 2.16. The molecule has 122 valence electrons. The quantitative estimate of drug-likeness (QED) is 0.808. The second-order valence-corrected chi connectivity index (χ2v) is 5.94. The van der Waals surface area contributed by atoms with Crippen LogP contribution in [0.1, 0.15) is 30.9 Å². The van der Waals surface area contributed by atoms with Crippen LogP contribution in [0.4, 0.5) is 0 Å². The molecule has 0 bridgehead atoms. The van der Waals surface area contributed by atoms with E-state index in [1.807, 2.05) is 12.1 Å². The normalized spacial score (nSPS) is 12.1. The van der Waals surface area contributed by atoms with Crippen LogP contribution in [0.2, 0.25) is 0 Å². The Labute approximate surface area is 139 Å². The maximum absolute atomic E-state index is 11.5. The van der Waals surface area contributed by atoms with Crippen LogP contribution in [0.25, 0.3) is 0 Å². The summed E-state index contributed by atoms with van der Waals surface area (Å²) in [5, 5.41) is 2.70. The van der Waals surface area contributed by atoms with Crippen molar-refractivity contribution in [1.29, 1.82) is 0 Å². The number of nitrogens with zero attached hydrogens (tertiary/aromatic N) is 1. The fourth-order valence-electron chi connectivity index (χ4n) is 2.65. The highest BCUT2D eigenvalue weighted by Gasteiger charge is 2.16. The molecule has 3 nitrogen and oxygen atoms in total. The minimum atomic E-state index is 0.108. The summed E-state index contributed by atoms with van der Waals surface area (Å²) in [6, 6.07) is 21.3. The van der Waals surface area contributed by atoms with Gasteiger partial charge in [0.2, 0.25) is 5.91 Å². The van der Waals surface area contributed by atoms with E-state index in [2.05, 4.69) is 65.7 Å². The largest absolute Gasteiger partial charge is 0.359 e. The SMILES string of the molecule is CNC(=O)CC[C@@H](C)N(Cc1ccccc1)Cc1ccccc1. The molecule has 2 aromatic carbocycles. The summed E-state index contributed by atoms with van der Waals surface area (Å²) in [5.41, 5.74) is 2.60. The van der Waals surface area contributed by atoms with Crippen LogP contribution in [0.5, 0.6) is 0 Å². The van der Waals surface area contributed by atoms with Gasteiger partial charge in [0.25, 0.3) is 0 Å². The Balaban J connectivity index is 2.05. The molecule has 0 radical (unpaired) electrons. The van der Waals surface area contributed by atoms with E-state index >= 15 is 0 Å². The molecule has 23 heavy (non-hydrogen) atoms. The minimum absolute atomic E-state index is 0.108. The van der Waals surface area contributed by atoms with Crippen molar-refractivity contribution in [2.75, 3.05) is 7.05 Å². The zero-order chi connectivity index (χ0) is 16.5. The lowest BCUT2D eigenvalue weighted by molar-refractivity contribution is -0.120. The second kappa shape index (κ2) is 9.11. The van der Waals surface area contributed by atoms with E-state index in [1.165, 1.54) is 11.1 Å². The van der Waals surface area contributed by atoms with E-state index in [4.69, 9.17) is 0 Å². The van der Waals surface area contributed by atoms with Crippen molar-refractivity contribution < 1.29 is 4.79 Å². The lowest BCUT2D eigenvalue weighted by Crippen LogP contribution is -2.33. The van der Waals surface area contributed by atoms with Crippen LogP contribution >= 0.6 is 0 Å². The molecule has 2 rings (SSSR count). The van der Waals surface area contributed by atoms with Crippen molar-refractivity contribution >= 4 is 5.91 Å². The summed E-state index contributed by atoms with van der Waals surface area (Å²) in [6.45, 7) is 3.99. The van der Waals surface area contributed by atoms with E-state index in [9.17, 15) is 4.79 Å². The molecule has 0 heterocycles. The molecule has 0 spiro atoms. The van der Waals surface area contributed by atoms with Crippen molar-refractivity contribution in [3.05, 3.63) is 71.8 Å². The third-order valence-corrected chi connectivity index (χ3v) is 4.15. The fourth-order valence-corrected chi connectivity index (χ4v) is 2.65. The smallest absolute Gasteiger partial charge is 0.219 e. The van der Waals surface area contributed by atoms with E-state index in [1.54, 1.807) is 7.05 Å². The van der Waals surface area contributed by atoms with Gasteiger partial charge in [-0.3, -0.25) is 9.69 Å². The molecule has 0 aliphatic carbocycles. The van der Waals surface area contributed by atoms with Crippen LogP contribution in [-0.2, 0) is 17.9 Å². The first-order valence-corrected chi connectivity index (χ1v) is 8.21. The maximum Gasteiger partial charge on any atom is 0.219 e. The zero-order valence-corrected chi connectivity index (χ0v) is 14.0. The summed E-state index contributed by atoms with van der Waals surface area (Å²) >= 11 is 0. The summed E-state index contributed by atoms with van der Waals surface area (Å²) in [4.78, 5) is 14.0. The van der Waals surface area contributed by atoms with Crippen LogP contribution in [0.15, 0.2) is 60.7 Å². The van der Waals surface area contributed by atoms with Gasteiger partial charge in [-0.1, -0.05) is 60.7 Å². The second-order valence-electron chi connectivity index (χ2n) is 5.94. The number of carbonyl (C=O) groups excluding carboxylic acids is 1. The lowest BCUT2D eigenvalue weighted by atomic mass is 10.1. The fraction of sp³-hybridized carbons (Fsp3) is 0.350. The highest BCUT2D eigenvalue weighted by molar-refractivity contribution is 5.75. The molecule has 0 fully saturated rings. The Bertz CT molecular complexity index is 542. The molecule has 0 aliphatic rings. The summed E-state index contributed by atoms with van der Waals surface area (Å²) in [6.07, 6.45) is 1.43. The van der Waals surface area contributed by atoms with Gasteiger partial charge < -0.3 is 5.32 Å². The van der Waals surface area contributed by atoms with Gasteiger partial charge in [-0.05, 0) is 24.5 Å². The summed E-state index contributed by atoms with van der Waals surface area (Å²) in [7, 11) is 1.69.